The van der Waals surface area contributed by atoms with Crippen LogP contribution in [0.15, 0.2) is 0 Å². The number of carbonyl (C=O) groups excluding carboxylic acids is 1. The molecule has 0 aromatic heterocycles. The van der Waals surface area contributed by atoms with Gasteiger partial charge < -0.3 is 10.4 Å². The number of carbonyl (C=O) groups is 1. The summed E-state index contributed by atoms with van der Waals surface area (Å²) in [5.74, 6) is 0.502. The van der Waals surface area contributed by atoms with E-state index in [1.165, 1.54) is 6.42 Å². The largest absolute Gasteiger partial charge is 0.393 e. The van der Waals surface area contributed by atoms with Crippen molar-refractivity contribution < 1.29 is 9.90 Å². The molecule has 1 aliphatic carbocycles. The SMILES string of the molecule is CCC(C)NC(=O)C(C)N1CCCC1C1CCCCC1O. The van der Waals surface area contributed by atoms with Gasteiger partial charge in [0.1, 0.15) is 0 Å². The van der Waals surface area contributed by atoms with Gasteiger partial charge in [-0.25, -0.2) is 0 Å². The molecule has 122 valence electrons. The van der Waals surface area contributed by atoms with Crippen LogP contribution in [-0.2, 0) is 4.79 Å². The fraction of sp³-hybridized carbons (Fsp3) is 0.941. The van der Waals surface area contributed by atoms with Gasteiger partial charge in [0.2, 0.25) is 5.91 Å². The van der Waals surface area contributed by atoms with E-state index in [1.54, 1.807) is 0 Å². The van der Waals surface area contributed by atoms with Crippen LogP contribution in [0.3, 0.4) is 0 Å². The Hall–Kier alpha value is -0.610. The second kappa shape index (κ2) is 7.59. The molecule has 4 heteroatoms. The number of nitrogens with zero attached hydrogens (tertiary/aromatic N) is 1. The van der Waals surface area contributed by atoms with Crippen LogP contribution in [0.25, 0.3) is 0 Å². The van der Waals surface area contributed by atoms with Crippen molar-refractivity contribution in [3.63, 3.8) is 0 Å². The summed E-state index contributed by atoms with van der Waals surface area (Å²) >= 11 is 0. The molecule has 0 aromatic carbocycles. The van der Waals surface area contributed by atoms with Gasteiger partial charge in [-0.2, -0.15) is 0 Å². The molecular weight excluding hydrogens is 264 g/mol. The Morgan fingerprint density at radius 1 is 1.24 bits per heavy atom. The number of aliphatic hydroxyl groups is 1. The maximum atomic E-state index is 12.4. The molecule has 1 aliphatic heterocycles. The summed E-state index contributed by atoms with van der Waals surface area (Å²) in [6, 6.07) is 0.542. The molecule has 0 spiro atoms. The van der Waals surface area contributed by atoms with E-state index in [4.69, 9.17) is 0 Å². The lowest BCUT2D eigenvalue weighted by Gasteiger charge is -2.39. The van der Waals surface area contributed by atoms with Gasteiger partial charge in [0.25, 0.3) is 0 Å². The van der Waals surface area contributed by atoms with E-state index >= 15 is 0 Å². The molecule has 4 nitrogen and oxygen atoms in total. The first-order valence-corrected chi connectivity index (χ1v) is 8.78. The van der Waals surface area contributed by atoms with Crippen molar-refractivity contribution >= 4 is 5.91 Å². The molecule has 21 heavy (non-hydrogen) atoms. The highest BCUT2D eigenvalue weighted by atomic mass is 16.3. The monoisotopic (exact) mass is 296 g/mol. The summed E-state index contributed by atoms with van der Waals surface area (Å²) < 4.78 is 0. The van der Waals surface area contributed by atoms with E-state index in [0.717, 1.165) is 45.1 Å². The standard InChI is InChI=1S/C17H32N2O2/c1-4-12(2)18-17(21)13(3)19-11-7-9-15(19)14-8-5-6-10-16(14)20/h12-16,20H,4-11H2,1-3H3,(H,18,21). The molecule has 1 amide bonds. The van der Waals surface area contributed by atoms with Gasteiger partial charge >= 0.3 is 0 Å². The van der Waals surface area contributed by atoms with Crippen molar-refractivity contribution in [3.05, 3.63) is 0 Å². The van der Waals surface area contributed by atoms with Crippen molar-refractivity contribution in [1.82, 2.24) is 10.2 Å². The summed E-state index contributed by atoms with van der Waals surface area (Å²) in [6.07, 6.45) is 7.48. The number of likely N-dealkylation sites (tertiary alicyclic amines) is 1. The van der Waals surface area contributed by atoms with Crippen LogP contribution >= 0.6 is 0 Å². The second-order valence-electron chi connectivity index (χ2n) is 6.96. The second-order valence-corrected chi connectivity index (χ2v) is 6.96. The third kappa shape index (κ3) is 3.98. The van der Waals surface area contributed by atoms with Crippen LogP contribution in [0.1, 0.15) is 65.7 Å². The first-order valence-electron chi connectivity index (χ1n) is 8.78. The highest BCUT2D eigenvalue weighted by Crippen LogP contribution is 2.35. The molecule has 2 aliphatic rings. The molecule has 2 fully saturated rings. The van der Waals surface area contributed by atoms with Gasteiger partial charge in [0.05, 0.1) is 12.1 Å². The molecule has 5 atom stereocenters. The van der Waals surface area contributed by atoms with Crippen LogP contribution < -0.4 is 5.32 Å². The average molecular weight is 296 g/mol. The Morgan fingerprint density at radius 2 is 1.95 bits per heavy atom. The van der Waals surface area contributed by atoms with Crippen molar-refractivity contribution in [2.75, 3.05) is 6.54 Å². The fourth-order valence-electron chi connectivity index (χ4n) is 3.96. The molecule has 0 bridgehead atoms. The van der Waals surface area contributed by atoms with Gasteiger partial charge in [-0.05, 0) is 52.5 Å². The third-order valence-corrected chi connectivity index (χ3v) is 5.50. The van der Waals surface area contributed by atoms with E-state index in [0.29, 0.717) is 12.0 Å². The number of rotatable bonds is 5. The van der Waals surface area contributed by atoms with Crippen LogP contribution in [0.4, 0.5) is 0 Å². The summed E-state index contributed by atoms with van der Waals surface area (Å²) in [5, 5.41) is 13.4. The molecule has 2 rings (SSSR count). The predicted molar refractivity (Wildman–Crippen MR) is 85.1 cm³/mol. The molecule has 5 unspecified atom stereocenters. The molecule has 0 aromatic rings. The van der Waals surface area contributed by atoms with E-state index < -0.39 is 0 Å². The maximum Gasteiger partial charge on any atom is 0.237 e. The first kappa shape index (κ1) is 16.8. The van der Waals surface area contributed by atoms with Crippen molar-refractivity contribution in [2.24, 2.45) is 5.92 Å². The quantitative estimate of drug-likeness (QED) is 0.818. The summed E-state index contributed by atoms with van der Waals surface area (Å²) in [4.78, 5) is 14.7. The fourth-order valence-corrected chi connectivity index (χ4v) is 3.96. The Labute approximate surface area is 129 Å². The highest BCUT2D eigenvalue weighted by molar-refractivity contribution is 5.81. The Bertz CT molecular complexity index is 348. The molecule has 0 radical (unpaired) electrons. The number of amides is 1. The molecular formula is C17H32N2O2. The third-order valence-electron chi connectivity index (χ3n) is 5.50. The average Bonchev–Trinajstić information content (AvgIpc) is 2.95. The molecule has 2 N–H and O–H groups in total. The molecule has 1 saturated heterocycles. The zero-order chi connectivity index (χ0) is 15.4. The summed E-state index contributed by atoms with van der Waals surface area (Å²) in [5.41, 5.74) is 0. The van der Waals surface area contributed by atoms with Crippen LogP contribution in [0, 0.1) is 5.92 Å². The van der Waals surface area contributed by atoms with E-state index in [-0.39, 0.29) is 24.1 Å². The normalized spacial score (nSPS) is 33.6. The minimum absolute atomic E-state index is 0.0828. The molecule has 1 heterocycles. The van der Waals surface area contributed by atoms with Gasteiger partial charge in [0.15, 0.2) is 0 Å². The van der Waals surface area contributed by atoms with Crippen LogP contribution in [-0.4, -0.2) is 46.7 Å². The van der Waals surface area contributed by atoms with Gasteiger partial charge in [-0.15, -0.1) is 0 Å². The number of nitrogens with one attached hydrogen (secondary N) is 1. The topological polar surface area (TPSA) is 52.6 Å². The minimum Gasteiger partial charge on any atom is -0.393 e. The zero-order valence-electron chi connectivity index (χ0n) is 13.8. The van der Waals surface area contributed by atoms with Gasteiger partial charge in [0, 0.05) is 18.0 Å². The zero-order valence-corrected chi connectivity index (χ0v) is 13.8. The lowest BCUT2D eigenvalue weighted by molar-refractivity contribution is -0.127. The predicted octanol–water partition coefficient (Wildman–Crippen LogP) is 2.31. The van der Waals surface area contributed by atoms with Crippen molar-refractivity contribution in [2.45, 2.75) is 89.9 Å². The van der Waals surface area contributed by atoms with E-state index in [1.807, 2.05) is 6.92 Å². The van der Waals surface area contributed by atoms with E-state index in [2.05, 4.69) is 24.1 Å². The van der Waals surface area contributed by atoms with Gasteiger partial charge in [-0.1, -0.05) is 19.8 Å². The van der Waals surface area contributed by atoms with Crippen LogP contribution in [0.5, 0.6) is 0 Å². The minimum atomic E-state index is -0.172. The first-order chi connectivity index (χ1) is 10.0. The Morgan fingerprint density at radius 3 is 2.62 bits per heavy atom. The number of aliphatic hydroxyl groups excluding tert-OH is 1. The lowest BCUT2D eigenvalue weighted by Crippen LogP contribution is -2.52. The number of hydrogen-bond donors (Lipinski definition) is 2. The smallest absolute Gasteiger partial charge is 0.237 e. The van der Waals surface area contributed by atoms with E-state index in [9.17, 15) is 9.90 Å². The Balaban J connectivity index is 1.98. The lowest BCUT2D eigenvalue weighted by atomic mass is 9.80. The molecule has 1 saturated carbocycles. The summed E-state index contributed by atoms with van der Waals surface area (Å²) in [7, 11) is 0. The summed E-state index contributed by atoms with van der Waals surface area (Å²) in [6.45, 7) is 7.15. The highest BCUT2D eigenvalue weighted by Gasteiger charge is 2.40. The Kier molecular flexibility index (Phi) is 6.06. The van der Waals surface area contributed by atoms with Crippen LogP contribution in [0.2, 0.25) is 0 Å². The van der Waals surface area contributed by atoms with Crippen molar-refractivity contribution in [3.8, 4) is 0 Å². The van der Waals surface area contributed by atoms with Gasteiger partial charge in [-0.3, -0.25) is 9.69 Å². The van der Waals surface area contributed by atoms with Crippen molar-refractivity contribution in [1.29, 1.82) is 0 Å². The maximum absolute atomic E-state index is 12.4. The number of hydrogen-bond acceptors (Lipinski definition) is 3.